The first-order chi connectivity index (χ1) is 19.9. The van der Waals surface area contributed by atoms with Gasteiger partial charge in [-0.2, -0.15) is 13.2 Å². The monoisotopic (exact) mass is 582 g/mol. The first-order valence-electron chi connectivity index (χ1n) is 13.7. The van der Waals surface area contributed by atoms with Crippen molar-refractivity contribution in [2.45, 2.75) is 50.9 Å². The van der Waals surface area contributed by atoms with Crippen LogP contribution in [0.4, 0.5) is 22.0 Å². The number of alkyl halides is 3. The quantitative estimate of drug-likeness (QED) is 0.223. The number of amides is 1. The summed E-state index contributed by atoms with van der Waals surface area (Å²) >= 11 is 0. The van der Waals surface area contributed by atoms with Crippen LogP contribution in [0, 0.1) is 23.0 Å². The summed E-state index contributed by atoms with van der Waals surface area (Å²) in [6.07, 6.45) is 0.460. The molecule has 0 unspecified atom stereocenters. The molecule has 2 N–H and O–H groups in total. The van der Waals surface area contributed by atoms with Crippen molar-refractivity contribution in [1.29, 1.82) is 0 Å². The Bertz CT molecular complexity index is 1660. The summed E-state index contributed by atoms with van der Waals surface area (Å²) in [7, 11) is 0. The van der Waals surface area contributed by atoms with Crippen LogP contribution in [0.2, 0.25) is 0 Å². The van der Waals surface area contributed by atoms with E-state index in [4.69, 9.17) is 5.11 Å². The second-order valence-electron chi connectivity index (χ2n) is 11.6. The van der Waals surface area contributed by atoms with Gasteiger partial charge in [-0.25, -0.2) is 8.78 Å². The molecule has 0 atom stereocenters. The van der Waals surface area contributed by atoms with Crippen LogP contribution in [0.3, 0.4) is 0 Å². The number of rotatable bonds is 7. The summed E-state index contributed by atoms with van der Waals surface area (Å²) in [5.74, 6) is -2.63. The average Bonchev–Trinajstić information content (AvgIpc) is 3.27. The fraction of sp³-hybridized carbons (Fsp3) is 0.312. The van der Waals surface area contributed by atoms with Crippen LogP contribution in [0.5, 0.6) is 0 Å². The molecule has 2 aliphatic carbocycles. The fourth-order valence-corrected chi connectivity index (χ4v) is 6.81. The number of carboxylic acid groups (broad SMARTS) is 1. The van der Waals surface area contributed by atoms with Gasteiger partial charge in [0.05, 0.1) is 22.2 Å². The van der Waals surface area contributed by atoms with E-state index in [0.29, 0.717) is 16.5 Å². The summed E-state index contributed by atoms with van der Waals surface area (Å²) in [4.78, 5) is 24.7. The van der Waals surface area contributed by atoms with Gasteiger partial charge in [-0.15, -0.1) is 0 Å². The molecular formula is C32H27F5N2O3. The van der Waals surface area contributed by atoms with Gasteiger partial charge in [-0.3, -0.25) is 9.59 Å². The van der Waals surface area contributed by atoms with E-state index in [1.165, 1.54) is 24.3 Å². The number of carboxylic acids is 1. The molecule has 218 valence electrons. The van der Waals surface area contributed by atoms with E-state index in [1.807, 2.05) is 0 Å². The Morgan fingerprint density at radius 3 is 2.24 bits per heavy atom. The maximum absolute atomic E-state index is 14.7. The van der Waals surface area contributed by atoms with Crippen molar-refractivity contribution in [2.75, 3.05) is 0 Å². The van der Waals surface area contributed by atoms with Crippen LogP contribution in [-0.2, 0) is 17.5 Å². The highest BCUT2D eigenvalue weighted by molar-refractivity contribution is 6.08. The molecule has 3 aromatic carbocycles. The van der Waals surface area contributed by atoms with Gasteiger partial charge in [0.1, 0.15) is 11.6 Å². The van der Waals surface area contributed by atoms with Crippen LogP contribution in [-0.4, -0.2) is 27.6 Å². The number of halogens is 5. The van der Waals surface area contributed by atoms with Crippen molar-refractivity contribution in [2.24, 2.45) is 11.3 Å². The smallest absolute Gasteiger partial charge is 0.416 e. The largest absolute Gasteiger partial charge is 0.481 e. The van der Waals surface area contributed by atoms with E-state index >= 15 is 0 Å². The molecule has 1 heterocycles. The van der Waals surface area contributed by atoms with Gasteiger partial charge in [-0.1, -0.05) is 18.2 Å². The number of hydrogen-bond donors (Lipinski definition) is 2. The Labute approximate surface area is 238 Å². The van der Waals surface area contributed by atoms with Crippen LogP contribution < -0.4 is 5.32 Å². The SMILES string of the molecule is O=C(O)CC1CC2(C1)CC(NC(=O)c1cc(-c3c(F)cccc3F)cc3ccn(Cc4ccc(C(F)(F)F)cc4)c13)C2. The fourth-order valence-electron chi connectivity index (χ4n) is 6.81. The van der Waals surface area contributed by atoms with Crippen LogP contribution in [0.25, 0.3) is 22.0 Å². The molecule has 2 saturated carbocycles. The minimum atomic E-state index is -4.46. The zero-order valence-corrected chi connectivity index (χ0v) is 22.3. The van der Waals surface area contributed by atoms with Crippen molar-refractivity contribution >= 4 is 22.8 Å². The maximum atomic E-state index is 14.7. The molecule has 42 heavy (non-hydrogen) atoms. The first-order valence-corrected chi connectivity index (χ1v) is 13.7. The van der Waals surface area contributed by atoms with Crippen molar-refractivity contribution in [3.05, 3.63) is 95.2 Å². The lowest BCUT2D eigenvalue weighted by atomic mass is 9.49. The molecule has 2 fully saturated rings. The topological polar surface area (TPSA) is 71.3 Å². The number of benzene rings is 3. The summed E-state index contributed by atoms with van der Waals surface area (Å²) in [6, 6.07) is 12.9. The van der Waals surface area contributed by atoms with Crippen molar-refractivity contribution in [3.63, 3.8) is 0 Å². The number of hydrogen-bond acceptors (Lipinski definition) is 2. The second kappa shape index (κ2) is 10.3. The highest BCUT2D eigenvalue weighted by Gasteiger charge is 2.53. The van der Waals surface area contributed by atoms with E-state index in [0.717, 1.165) is 49.9 Å². The molecule has 2 aliphatic rings. The van der Waals surface area contributed by atoms with Crippen molar-refractivity contribution < 1.29 is 36.6 Å². The normalized spacial score (nSPS) is 21.6. The lowest BCUT2D eigenvalue weighted by molar-refractivity contribution is -0.142. The third-order valence-electron chi connectivity index (χ3n) is 8.59. The third kappa shape index (κ3) is 5.26. The molecule has 5 nitrogen and oxygen atoms in total. The Kier molecular flexibility index (Phi) is 6.82. The van der Waals surface area contributed by atoms with Crippen LogP contribution in [0.15, 0.2) is 66.9 Å². The number of nitrogens with one attached hydrogen (secondary N) is 1. The van der Waals surface area contributed by atoms with Gasteiger partial charge in [0.15, 0.2) is 0 Å². The Morgan fingerprint density at radius 2 is 1.62 bits per heavy atom. The lowest BCUT2D eigenvalue weighted by Gasteiger charge is -2.57. The molecule has 0 saturated heterocycles. The number of aliphatic carboxylic acids is 1. The number of fused-ring (bicyclic) bond motifs is 1. The van der Waals surface area contributed by atoms with Gasteiger partial charge in [0, 0.05) is 30.6 Å². The molecule has 10 heteroatoms. The highest BCUT2D eigenvalue weighted by atomic mass is 19.4. The molecule has 1 aromatic heterocycles. The highest BCUT2D eigenvalue weighted by Crippen LogP contribution is 2.59. The summed E-state index contributed by atoms with van der Waals surface area (Å²) < 4.78 is 70.3. The number of carbonyl (C=O) groups is 2. The number of nitrogens with zero attached hydrogens (tertiary/aromatic N) is 1. The van der Waals surface area contributed by atoms with E-state index in [1.54, 1.807) is 22.9 Å². The van der Waals surface area contributed by atoms with Crippen molar-refractivity contribution in [1.82, 2.24) is 9.88 Å². The first kappa shape index (κ1) is 27.9. The van der Waals surface area contributed by atoms with Gasteiger partial charge >= 0.3 is 12.1 Å². The Morgan fingerprint density at radius 1 is 0.952 bits per heavy atom. The van der Waals surface area contributed by atoms with Crippen LogP contribution in [0.1, 0.15) is 53.6 Å². The summed E-state index contributed by atoms with van der Waals surface area (Å²) in [5.41, 5.74) is 0.486. The molecule has 0 aliphatic heterocycles. The zero-order chi connectivity index (χ0) is 29.8. The Hall–Kier alpha value is -4.21. The van der Waals surface area contributed by atoms with Gasteiger partial charge in [0.2, 0.25) is 0 Å². The summed E-state index contributed by atoms with van der Waals surface area (Å²) in [5, 5.41) is 12.6. The van der Waals surface area contributed by atoms with Gasteiger partial charge < -0.3 is 15.0 Å². The second-order valence-corrected chi connectivity index (χ2v) is 11.6. The summed E-state index contributed by atoms with van der Waals surface area (Å²) in [6.45, 7) is 0.173. The van der Waals surface area contributed by atoms with E-state index in [-0.39, 0.29) is 47.0 Å². The van der Waals surface area contributed by atoms with E-state index in [9.17, 15) is 31.5 Å². The van der Waals surface area contributed by atoms with Gasteiger partial charge in [-0.05, 0) is 90.6 Å². The predicted octanol–water partition coefficient (Wildman–Crippen LogP) is 7.42. The van der Waals surface area contributed by atoms with E-state index in [2.05, 4.69) is 5.32 Å². The molecule has 1 spiro atoms. The zero-order valence-electron chi connectivity index (χ0n) is 22.3. The molecule has 6 rings (SSSR count). The molecule has 1 amide bonds. The van der Waals surface area contributed by atoms with E-state index < -0.39 is 35.3 Å². The van der Waals surface area contributed by atoms with Crippen molar-refractivity contribution in [3.8, 4) is 11.1 Å². The average molecular weight is 583 g/mol. The van der Waals surface area contributed by atoms with Crippen LogP contribution >= 0.6 is 0 Å². The molecular weight excluding hydrogens is 555 g/mol. The minimum absolute atomic E-state index is 0.0499. The standard InChI is InChI=1S/C32H27F5N2O3/c33-25-2-1-3-26(34)28(25)21-11-20-8-9-39(17-18-4-6-22(7-5-18)32(35,36)37)29(20)24(12-21)30(42)38-23-15-31(16-23)13-19(14-31)10-27(40)41/h1-9,11-12,19,23H,10,13-17H2,(H,38,42)(H,40,41). The molecule has 4 aromatic rings. The predicted molar refractivity (Wildman–Crippen MR) is 146 cm³/mol. The third-order valence-corrected chi connectivity index (χ3v) is 8.59. The molecule has 0 radical (unpaired) electrons. The Balaban J connectivity index is 1.30. The van der Waals surface area contributed by atoms with Gasteiger partial charge in [0.25, 0.3) is 5.91 Å². The maximum Gasteiger partial charge on any atom is 0.416 e. The number of aromatic nitrogens is 1. The minimum Gasteiger partial charge on any atom is -0.481 e. The number of carbonyl (C=O) groups excluding carboxylic acids is 1. The lowest BCUT2D eigenvalue weighted by Crippen LogP contribution is -2.56. The molecule has 0 bridgehead atoms.